The smallest absolute Gasteiger partial charge is 0.320 e. The first-order valence-corrected chi connectivity index (χ1v) is 6.67. The number of aromatic nitrogens is 1. The van der Waals surface area contributed by atoms with Gasteiger partial charge >= 0.3 is 6.03 Å². The lowest BCUT2D eigenvalue weighted by Crippen LogP contribution is -2.31. The molecule has 2 aromatic rings. The van der Waals surface area contributed by atoms with Crippen LogP contribution >= 0.6 is 23.2 Å². The Morgan fingerprint density at radius 3 is 2.65 bits per heavy atom. The molecule has 20 heavy (non-hydrogen) atoms. The maximum absolute atomic E-state index is 11.8. The largest absolute Gasteiger partial charge is 0.360 e. The molecule has 0 spiro atoms. The topological polar surface area (TPSA) is 67.2 Å². The second kappa shape index (κ2) is 6.15. The Hall–Kier alpha value is -1.72. The van der Waals surface area contributed by atoms with Crippen molar-refractivity contribution >= 4 is 35.1 Å². The average Bonchev–Trinajstić information content (AvgIpc) is 2.77. The average molecular weight is 314 g/mol. The quantitative estimate of drug-likeness (QED) is 0.893. The third kappa shape index (κ3) is 3.65. The number of nitrogens with zero attached hydrogens (tertiary/aromatic N) is 1. The van der Waals surface area contributed by atoms with Crippen molar-refractivity contribution in [3.05, 3.63) is 45.6 Å². The molecule has 0 aliphatic carbocycles. The van der Waals surface area contributed by atoms with Crippen molar-refractivity contribution in [2.45, 2.75) is 19.9 Å². The molecule has 0 saturated carbocycles. The summed E-state index contributed by atoms with van der Waals surface area (Å²) in [5.41, 5.74) is 0.853. The predicted octanol–water partition coefficient (Wildman–Crippen LogP) is 4.17. The van der Waals surface area contributed by atoms with Crippen LogP contribution in [0, 0.1) is 6.92 Å². The van der Waals surface area contributed by atoms with Crippen LogP contribution < -0.4 is 10.6 Å². The van der Waals surface area contributed by atoms with Gasteiger partial charge in [0.1, 0.15) is 5.76 Å². The molecule has 1 aromatic carbocycles. The van der Waals surface area contributed by atoms with Gasteiger partial charge in [0, 0.05) is 6.07 Å². The van der Waals surface area contributed by atoms with E-state index in [1.807, 2.05) is 6.92 Å². The summed E-state index contributed by atoms with van der Waals surface area (Å²) in [5, 5.41) is 9.94. The molecule has 0 unspecified atom stereocenters. The second-order valence-corrected chi connectivity index (χ2v) is 5.13. The summed E-state index contributed by atoms with van der Waals surface area (Å²) in [6, 6.07) is 6.24. The fourth-order valence-electron chi connectivity index (χ4n) is 1.64. The van der Waals surface area contributed by atoms with Gasteiger partial charge in [-0.15, -0.1) is 0 Å². The van der Waals surface area contributed by atoms with Gasteiger partial charge in [0.15, 0.2) is 5.82 Å². The van der Waals surface area contributed by atoms with Crippen molar-refractivity contribution in [1.82, 2.24) is 10.5 Å². The molecule has 0 aliphatic rings. The van der Waals surface area contributed by atoms with E-state index in [1.165, 1.54) is 0 Å². The predicted molar refractivity (Wildman–Crippen MR) is 78.3 cm³/mol. The van der Waals surface area contributed by atoms with Crippen LogP contribution in [-0.4, -0.2) is 11.2 Å². The van der Waals surface area contributed by atoms with E-state index in [0.717, 1.165) is 5.56 Å². The van der Waals surface area contributed by atoms with E-state index in [4.69, 9.17) is 27.7 Å². The third-order valence-corrected chi connectivity index (χ3v) is 3.40. The molecule has 2 rings (SSSR count). The fraction of sp³-hybridized carbons (Fsp3) is 0.231. The van der Waals surface area contributed by atoms with Gasteiger partial charge in [-0.25, -0.2) is 4.79 Å². The molecule has 106 valence electrons. The first-order valence-electron chi connectivity index (χ1n) is 5.91. The molecule has 2 amide bonds. The van der Waals surface area contributed by atoms with E-state index < -0.39 is 0 Å². The lowest BCUT2D eigenvalue weighted by molar-refractivity contribution is 0.249. The monoisotopic (exact) mass is 313 g/mol. The number of amides is 2. The van der Waals surface area contributed by atoms with Gasteiger partial charge in [-0.2, -0.15) is 0 Å². The van der Waals surface area contributed by atoms with Gasteiger partial charge in [0.05, 0.1) is 16.1 Å². The number of rotatable bonds is 3. The SMILES string of the molecule is Cc1cc(NC(=O)N[C@H](C)c2ccc(Cl)c(Cl)c2)no1. The zero-order chi connectivity index (χ0) is 14.7. The summed E-state index contributed by atoms with van der Waals surface area (Å²) in [6.07, 6.45) is 0. The molecule has 5 nitrogen and oxygen atoms in total. The number of anilines is 1. The third-order valence-electron chi connectivity index (χ3n) is 2.66. The van der Waals surface area contributed by atoms with Gasteiger partial charge in [-0.1, -0.05) is 34.4 Å². The molecule has 0 saturated heterocycles. The Morgan fingerprint density at radius 1 is 1.30 bits per heavy atom. The van der Waals surface area contributed by atoms with E-state index in [2.05, 4.69) is 15.8 Å². The van der Waals surface area contributed by atoms with Gasteiger partial charge < -0.3 is 9.84 Å². The maximum Gasteiger partial charge on any atom is 0.320 e. The van der Waals surface area contributed by atoms with Crippen molar-refractivity contribution < 1.29 is 9.32 Å². The number of urea groups is 1. The summed E-state index contributed by atoms with van der Waals surface area (Å²) in [6.45, 7) is 3.58. The first-order chi connectivity index (χ1) is 9.45. The number of benzene rings is 1. The molecule has 0 aliphatic heterocycles. The van der Waals surface area contributed by atoms with Gasteiger partial charge in [0.25, 0.3) is 0 Å². The Balaban J connectivity index is 1.98. The molecule has 2 N–H and O–H groups in total. The van der Waals surface area contributed by atoms with Crippen LogP contribution in [0.3, 0.4) is 0 Å². The first kappa shape index (κ1) is 14.7. The molecule has 0 fully saturated rings. The minimum absolute atomic E-state index is 0.224. The van der Waals surface area contributed by atoms with Gasteiger partial charge in [0.2, 0.25) is 0 Å². The highest BCUT2D eigenvalue weighted by Crippen LogP contribution is 2.25. The van der Waals surface area contributed by atoms with Crippen molar-refractivity contribution in [1.29, 1.82) is 0 Å². The highest BCUT2D eigenvalue weighted by molar-refractivity contribution is 6.42. The van der Waals surface area contributed by atoms with Crippen molar-refractivity contribution in [3.8, 4) is 0 Å². The normalized spacial score (nSPS) is 12.0. The minimum atomic E-state index is -0.378. The number of nitrogens with one attached hydrogen (secondary N) is 2. The van der Waals surface area contributed by atoms with Gasteiger partial charge in [-0.05, 0) is 31.5 Å². The van der Waals surface area contributed by atoms with Crippen LogP contribution in [0.2, 0.25) is 10.0 Å². The lowest BCUT2D eigenvalue weighted by atomic mass is 10.1. The van der Waals surface area contributed by atoms with Crippen LogP contribution in [0.15, 0.2) is 28.8 Å². The van der Waals surface area contributed by atoms with Crippen molar-refractivity contribution in [3.63, 3.8) is 0 Å². The van der Waals surface area contributed by atoms with Crippen molar-refractivity contribution in [2.75, 3.05) is 5.32 Å². The Morgan fingerprint density at radius 2 is 2.05 bits per heavy atom. The molecular weight excluding hydrogens is 301 g/mol. The summed E-state index contributed by atoms with van der Waals surface area (Å²) >= 11 is 11.8. The molecule has 1 heterocycles. The van der Waals surface area contributed by atoms with Crippen LogP contribution in [0.25, 0.3) is 0 Å². The number of hydrogen-bond donors (Lipinski definition) is 2. The number of aryl methyl sites for hydroxylation is 1. The lowest BCUT2D eigenvalue weighted by Gasteiger charge is -2.14. The molecule has 7 heteroatoms. The number of carbonyl (C=O) groups is 1. The molecular formula is C13H13Cl2N3O2. The minimum Gasteiger partial charge on any atom is -0.360 e. The number of halogens is 2. The highest BCUT2D eigenvalue weighted by Gasteiger charge is 2.12. The standard InChI is InChI=1S/C13H13Cl2N3O2/c1-7-5-12(18-20-7)17-13(19)16-8(2)9-3-4-10(14)11(15)6-9/h3-6,8H,1-2H3,(H2,16,17,18,19)/t8-/m1/s1. The molecule has 0 bridgehead atoms. The van der Waals surface area contributed by atoms with Gasteiger partial charge in [-0.3, -0.25) is 5.32 Å². The molecule has 0 radical (unpaired) electrons. The number of carbonyl (C=O) groups excluding carboxylic acids is 1. The Kier molecular flexibility index (Phi) is 4.52. The molecule has 1 atom stereocenters. The zero-order valence-corrected chi connectivity index (χ0v) is 12.4. The second-order valence-electron chi connectivity index (χ2n) is 4.32. The van der Waals surface area contributed by atoms with Crippen LogP contribution in [0.1, 0.15) is 24.3 Å². The summed E-state index contributed by atoms with van der Waals surface area (Å²) in [7, 11) is 0. The van der Waals surface area contributed by atoms with Crippen molar-refractivity contribution in [2.24, 2.45) is 0 Å². The van der Waals surface area contributed by atoms with Crippen LogP contribution in [0.4, 0.5) is 10.6 Å². The highest BCUT2D eigenvalue weighted by atomic mass is 35.5. The Bertz CT molecular complexity index is 628. The van der Waals surface area contributed by atoms with E-state index in [9.17, 15) is 4.79 Å². The van der Waals surface area contributed by atoms with Crippen LogP contribution in [-0.2, 0) is 0 Å². The molecule has 1 aromatic heterocycles. The fourth-order valence-corrected chi connectivity index (χ4v) is 1.95. The van der Waals surface area contributed by atoms with E-state index in [0.29, 0.717) is 21.6 Å². The van der Waals surface area contributed by atoms with E-state index in [-0.39, 0.29) is 12.1 Å². The van der Waals surface area contributed by atoms with Crippen LogP contribution in [0.5, 0.6) is 0 Å². The summed E-state index contributed by atoms with van der Waals surface area (Å²) in [4.78, 5) is 11.8. The summed E-state index contributed by atoms with van der Waals surface area (Å²) < 4.78 is 4.86. The maximum atomic E-state index is 11.8. The van der Waals surface area contributed by atoms with E-state index in [1.54, 1.807) is 31.2 Å². The number of hydrogen-bond acceptors (Lipinski definition) is 3. The zero-order valence-electron chi connectivity index (χ0n) is 10.9. The van der Waals surface area contributed by atoms with E-state index >= 15 is 0 Å². The Labute approximate surface area is 126 Å². The summed E-state index contributed by atoms with van der Waals surface area (Å²) in [5.74, 6) is 0.985.